The molecule has 2 heterocycles. The number of hydrogen-bond donors (Lipinski definition) is 1. The monoisotopic (exact) mass is 337 g/mol. The van der Waals surface area contributed by atoms with E-state index in [2.05, 4.69) is 16.9 Å². The predicted octanol–water partition coefficient (Wildman–Crippen LogP) is 1.34. The Labute approximate surface area is 142 Å². The summed E-state index contributed by atoms with van der Waals surface area (Å²) in [4.78, 5) is 13.2. The van der Waals surface area contributed by atoms with Crippen molar-refractivity contribution in [3.63, 3.8) is 0 Å². The summed E-state index contributed by atoms with van der Waals surface area (Å²) in [5.74, 6) is -0.910. The smallest absolute Gasteiger partial charge is 0.329 e. The zero-order valence-corrected chi connectivity index (χ0v) is 14.7. The van der Waals surface area contributed by atoms with Crippen LogP contribution in [0.2, 0.25) is 0 Å². The SMILES string of the molecule is CO[C@@]12CC[C@H](OCC(=O)O)C[C@@H]1N(Cc1c(C)cnn1C)CC2. The van der Waals surface area contributed by atoms with Crippen molar-refractivity contribution in [3.8, 4) is 0 Å². The highest BCUT2D eigenvalue weighted by Gasteiger charge is 2.51. The van der Waals surface area contributed by atoms with Gasteiger partial charge in [-0.1, -0.05) is 0 Å². The van der Waals surface area contributed by atoms with E-state index in [-0.39, 0.29) is 24.4 Å². The van der Waals surface area contributed by atoms with Gasteiger partial charge >= 0.3 is 5.97 Å². The number of carboxylic acids is 1. The summed E-state index contributed by atoms with van der Waals surface area (Å²) in [6, 6.07) is 0.254. The Morgan fingerprint density at radius 2 is 2.29 bits per heavy atom. The summed E-state index contributed by atoms with van der Waals surface area (Å²) in [5, 5.41) is 13.2. The van der Waals surface area contributed by atoms with Crippen molar-refractivity contribution in [2.75, 3.05) is 20.3 Å². The molecule has 1 aliphatic carbocycles. The molecule has 1 saturated heterocycles. The molecule has 0 aromatic carbocycles. The molecule has 1 aromatic rings. The van der Waals surface area contributed by atoms with Crippen LogP contribution in [-0.4, -0.2) is 63.8 Å². The van der Waals surface area contributed by atoms with Gasteiger partial charge in [0.1, 0.15) is 6.61 Å². The topological polar surface area (TPSA) is 76.8 Å². The number of nitrogens with zero attached hydrogens (tertiary/aromatic N) is 3. The van der Waals surface area contributed by atoms with Gasteiger partial charge in [0, 0.05) is 33.3 Å². The number of ether oxygens (including phenoxy) is 2. The summed E-state index contributed by atoms with van der Waals surface area (Å²) in [7, 11) is 3.77. The highest BCUT2D eigenvalue weighted by molar-refractivity contribution is 5.68. The number of aryl methyl sites for hydroxylation is 2. The van der Waals surface area contributed by atoms with E-state index in [0.29, 0.717) is 0 Å². The molecule has 1 N–H and O–H groups in total. The van der Waals surface area contributed by atoms with E-state index in [1.807, 2.05) is 17.9 Å². The van der Waals surface area contributed by atoms with Crippen molar-refractivity contribution in [2.45, 2.75) is 56.9 Å². The van der Waals surface area contributed by atoms with Gasteiger partial charge in [0.25, 0.3) is 0 Å². The Morgan fingerprint density at radius 1 is 1.50 bits per heavy atom. The zero-order valence-electron chi connectivity index (χ0n) is 14.7. The van der Waals surface area contributed by atoms with E-state index in [1.165, 1.54) is 11.3 Å². The Hall–Kier alpha value is -1.44. The molecule has 7 nitrogen and oxygen atoms in total. The van der Waals surface area contributed by atoms with Crippen LogP contribution in [0.25, 0.3) is 0 Å². The first-order valence-corrected chi connectivity index (χ1v) is 8.55. The fourth-order valence-corrected chi connectivity index (χ4v) is 4.28. The maximum absolute atomic E-state index is 10.8. The Kier molecular flexibility index (Phi) is 4.94. The Morgan fingerprint density at radius 3 is 2.92 bits per heavy atom. The van der Waals surface area contributed by atoms with E-state index in [1.54, 1.807) is 7.11 Å². The molecule has 134 valence electrons. The number of carboxylic acid groups (broad SMARTS) is 1. The van der Waals surface area contributed by atoms with Crippen molar-refractivity contribution in [1.29, 1.82) is 0 Å². The molecule has 7 heteroatoms. The van der Waals surface area contributed by atoms with Gasteiger partial charge in [-0.15, -0.1) is 0 Å². The van der Waals surface area contributed by atoms with Crippen LogP contribution in [0.1, 0.15) is 36.9 Å². The number of methoxy groups -OCH3 is 1. The van der Waals surface area contributed by atoms with Crippen LogP contribution in [0.4, 0.5) is 0 Å². The minimum absolute atomic E-state index is 0.0115. The first-order valence-electron chi connectivity index (χ1n) is 8.55. The van der Waals surface area contributed by atoms with Crippen LogP contribution in [0, 0.1) is 6.92 Å². The second kappa shape index (κ2) is 6.82. The van der Waals surface area contributed by atoms with Crippen LogP contribution < -0.4 is 0 Å². The number of likely N-dealkylation sites (tertiary alicyclic amines) is 1. The molecule has 1 aliphatic heterocycles. The van der Waals surface area contributed by atoms with Gasteiger partial charge < -0.3 is 14.6 Å². The zero-order chi connectivity index (χ0) is 17.3. The van der Waals surface area contributed by atoms with Crippen molar-refractivity contribution >= 4 is 5.97 Å². The molecule has 0 spiro atoms. The van der Waals surface area contributed by atoms with Crippen LogP contribution in [0.15, 0.2) is 6.20 Å². The summed E-state index contributed by atoms with van der Waals surface area (Å²) in [6.07, 6.45) is 5.49. The molecule has 2 aliphatic rings. The lowest BCUT2D eigenvalue weighted by Crippen LogP contribution is -2.51. The molecule has 2 fully saturated rings. The van der Waals surface area contributed by atoms with Crippen molar-refractivity contribution < 1.29 is 19.4 Å². The summed E-state index contributed by atoms with van der Waals surface area (Å²) >= 11 is 0. The van der Waals surface area contributed by atoms with E-state index in [4.69, 9.17) is 14.6 Å². The second-order valence-corrected chi connectivity index (χ2v) is 7.00. The first kappa shape index (κ1) is 17.4. The lowest BCUT2D eigenvalue weighted by atomic mass is 9.79. The molecule has 0 bridgehead atoms. The van der Waals surface area contributed by atoms with Crippen molar-refractivity contribution in [1.82, 2.24) is 14.7 Å². The van der Waals surface area contributed by atoms with Gasteiger partial charge in [0.15, 0.2) is 0 Å². The normalized spacial score (nSPS) is 30.5. The van der Waals surface area contributed by atoms with Crippen LogP contribution in [0.3, 0.4) is 0 Å². The number of aromatic nitrogens is 2. The minimum atomic E-state index is -0.910. The van der Waals surface area contributed by atoms with Crippen LogP contribution >= 0.6 is 0 Å². The van der Waals surface area contributed by atoms with E-state index in [9.17, 15) is 4.79 Å². The van der Waals surface area contributed by atoms with E-state index in [0.717, 1.165) is 38.8 Å². The fraction of sp³-hybridized carbons (Fsp3) is 0.765. The van der Waals surface area contributed by atoms with E-state index < -0.39 is 5.97 Å². The molecule has 1 saturated carbocycles. The van der Waals surface area contributed by atoms with Gasteiger partial charge in [0.05, 0.1) is 23.6 Å². The molecular weight excluding hydrogens is 310 g/mol. The number of fused-ring (bicyclic) bond motifs is 1. The Balaban J connectivity index is 1.73. The molecule has 3 rings (SSSR count). The van der Waals surface area contributed by atoms with Gasteiger partial charge in [-0.2, -0.15) is 5.10 Å². The lowest BCUT2D eigenvalue weighted by Gasteiger charge is -2.43. The van der Waals surface area contributed by atoms with Gasteiger partial charge in [0.2, 0.25) is 0 Å². The van der Waals surface area contributed by atoms with Gasteiger partial charge in [-0.25, -0.2) is 4.79 Å². The van der Waals surface area contributed by atoms with E-state index >= 15 is 0 Å². The lowest BCUT2D eigenvalue weighted by molar-refractivity contribution is -0.148. The third kappa shape index (κ3) is 3.20. The maximum Gasteiger partial charge on any atom is 0.329 e. The average molecular weight is 337 g/mol. The third-order valence-corrected chi connectivity index (χ3v) is 5.72. The van der Waals surface area contributed by atoms with Crippen molar-refractivity contribution in [3.05, 3.63) is 17.5 Å². The standard InChI is InChI=1S/C17H27N3O4/c1-12-9-18-19(2)14(12)10-20-7-6-17(23-3)5-4-13(8-15(17)20)24-11-16(21)22/h9,13,15H,4-8,10-11H2,1-3H3,(H,21,22)/t13-,15-,17+/m0/s1. The highest BCUT2D eigenvalue weighted by Crippen LogP contribution is 2.43. The maximum atomic E-state index is 10.8. The number of carbonyl (C=O) groups is 1. The van der Waals surface area contributed by atoms with Crippen LogP contribution in [-0.2, 0) is 27.9 Å². The summed E-state index contributed by atoms with van der Waals surface area (Å²) in [5.41, 5.74) is 2.28. The van der Waals surface area contributed by atoms with Gasteiger partial charge in [-0.3, -0.25) is 9.58 Å². The quantitative estimate of drug-likeness (QED) is 0.844. The largest absolute Gasteiger partial charge is 0.480 e. The molecule has 3 atom stereocenters. The van der Waals surface area contributed by atoms with Gasteiger partial charge in [-0.05, 0) is 38.2 Å². The molecule has 0 radical (unpaired) electrons. The Bertz CT molecular complexity index is 583. The minimum Gasteiger partial charge on any atom is -0.480 e. The summed E-state index contributed by atoms with van der Waals surface area (Å²) in [6.45, 7) is 3.68. The van der Waals surface area contributed by atoms with Crippen LogP contribution in [0.5, 0.6) is 0 Å². The third-order valence-electron chi connectivity index (χ3n) is 5.72. The molecule has 0 unspecified atom stereocenters. The second-order valence-electron chi connectivity index (χ2n) is 7.00. The molecule has 1 aromatic heterocycles. The summed E-state index contributed by atoms with van der Waals surface area (Å²) < 4.78 is 13.5. The number of rotatable bonds is 6. The van der Waals surface area contributed by atoms with Crippen molar-refractivity contribution in [2.24, 2.45) is 7.05 Å². The average Bonchev–Trinajstić information content (AvgIpc) is 3.08. The molecule has 24 heavy (non-hydrogen) atoms. The number of hydrogen-bond acceptors (Lipinski definition) is 5. The predicted molar refractivity (Wildman–Crippen MR) is 87.7 cm³/mol. The highest BCUT2D eigenvalue weighted by atomic mass is 16.5. The number of aliphatic carboxylic acids is 1. The molecular formula is C17H27N3O4. The fourth-order valence-electron chi connectivity index (χ4n) is 4.28. The molecule has 0 amide bonds. The first-order chi connectivity index (χ1) is 11.4.